The van der Waals surface area contributed by atoms with Crippen molar-refractivity contribution in [1.29, 1.82) is 0 Å². The summed E-state index contributed by atoms with van der Waals surface area (Å²) in [6.45, 7) is 0.564. The minimum atomic E-state index is 0.564. The zero-order valence-electron chi connectivity index (χ0n) is 8.56. The molecule has 0 aliphatic carbocycles. The topological polar surface area (TPSA) is 26.0 Å². The Labute approximate surface area is 90.6 Å². The zero-order valence-corrected chi connectivity index (χ0v) is 8.56. The van der Waals surface area contributed by atoms with E-state index in [4.69, 9.17) is 5.73 Å². The molecule has 0 spiro atoms. The van der Waals surface area contributed by atoms with Gasteiger partial charge in [0.15, 0.2) is 0 Å². The highest BCUT2D eigenvalue weighted by atomic mass is 14.5. The van der Waals surface area contributed by atoms with Crippen LogP contribution in [0.4, 0.5) is 0 Å². The van der Waals surface area contributed by atoms with Crippen molar-refractivity contribution < 1.29 is 0 Å². The predicted molar refractivity (Wildman–Crippen MR) is 63.4 cm³/mol. The van der Waals surface area contributed by atoms with Crippen molar-refractivity contribution in [1.82, 2.24) is 0 Å². The van der Waals surface area contributed by atoms with Crippen molar-refractivity contribution in [3.8, 4) is 0 Å². The molecule has 15 heavy (non-hydrogen) atoms. The van der Waals surface area contributed by atoms with E-state index >= 15 is 0 Å². The molecule has 0 amide bonds. The van der Waals surface area contributed by atoms with Gasteiger partial charge in [0.05, 0.1) is 0 Å². The SMILES string of the molecule is NC[C](c1ccccc1)c1ccccc1. The minimum Gasteiger partial charge on any atom is -0.329 e. The summed E-state index contributed by atoms with van der Waals surface area (Å²) in [5, 5.41) is 0. The summed E-state index contributed by atoms with van der Waals surface area (Å²) >= 11 is 0. The van der Waals surface area contributed by atoms with E-state index in [-0.39, 0.29) is 0 Å². The largest absolute Gasteiger partial charge is 0.329 e. The molecule has 0 saturated heterocycles. The standard InChI is InChI=1S/C14H14N/c15-11-14(12-7-3-1-4-8-12)13-9-5-2-6-10-13/h1-10H,11,15H2. The van der Waals surface area contributed by atoms with E-state index in [2.05, 4.69) is 24.3 Å². The molecule has 2 aromatic rings. The third-order valence-electron chi connectivity index (χ3n) is 2.45. The molecule has 1 heteroatoms. The van der Waals surface area contributed by atoms with Crippen molar-refractivity contribution in [2.75, 3.05) is 6.54 Å². The molecule has 2 N–H and O–H groups in total. The summed E-state index contributed by atoms with van der Waals surface area (Å²) in [5.74, 6) is 1.19. The third-order valence-corrected chi connectivity index (χ3v) is 2.45. The van der Waals surface area contributed by atoms with Gasteiger partial charge >= 0.3 is 0 Å². The first kappa shape index (κ1) is 9.94. The number of hydrogen-bond donors (Lipinski definition) is 1. The van der Waals surface area contributed by atoms with Crippen LogP contribution in [0.25, 0.3) is 0 Å². The second-order valence-electron chi connectivity index (χ2n) is 3.41. The second-order valence-corrected chi connectivity index (χ2v) is 3.41. The maximum absolute atomic E-state index is 5.80. The fourth-order valence-corrected chi connectivity index (χ4v) is 1.68. The van der Waals surface area contributed by atoms with Crippen molar-refractivity contribution in [3.63, 3.8) is 0 Å². The minimum absolute atomic E-state index is 0.564. The van der Waals surface area contributed by atoms with Crippen LogP contribution < -0.4 is 5.73 Å². The Morgan fingerprint density at radius 1 is 0.733 bits per heavy atom. The van der Waals surface area contributed by atoms with E-state index in [0.717, 1.165) is 0 Å². The van der Waals surface area contributed by atoms with Crippen LogP contribution in [0.3, 0.4) is 0 Å². The van der Waals surface area contributed by atoms with Crippen LogP contribution in [0.5, 0.6) is 0 Å². The Balaban J connectivity index is 2.34. The van der Waals surface area contributed by atoms with Crippen molar-refractivity contribution in [2.24, 2.45) is 5.73 Å². The first-order valence-corrected chi connectivity index (χ1v) is 5.08. The van der Waals surface area contributed by atoms with Gasteiger partial charge in [-0.3, -0.25) is 0 Å². The van der Waals surface area contributed by atoms with Crippen LogP contribution in [0.1, 0.15) is 11.1 Å². The normalized spacial score (nSPS) is 10.5. The molecule has 0 atom stereocenters. The van der Waals surface area contributed by atoms with Gasteiger partial charge in [0.2, 0.25) is 0 Å². The number of hydrogen-bond acceptors (Lipinski definition) is 1. The first-order chi connectivity index (χ1) is 7.42. The lowest BCUT2D eigenvalue weighted by Crippen LogP contribution is -2.14. The average Bonchev–Trinajstić information content (AvgIpc) is 2.33. The number of benzene rings is 2. The molecule has 0 bridgehead atoms. The highest BCUT2D eigenvalue weighted by Crippen LogP contribution is 2.21. The van der Waals surface area contributed by atoms with Crippen molar-refractivity contribution in [3.05, 3.63) is 77.7 Å². The van der Waals surface area contributed by atoms with Crippen LogP contribution >= 0.6 is 0 Å². The van der Waals surface area contributed by atoms with Gasteiger partial charge in [0.1, 0.15) is 0 Å². The fraction of sp³-hybridized carbons (Fsp3) is 0.0714. The van der Waals surface area contributed by atoms with Gasteiger partial charge in [0.25, 0.3) is 0 Å². The van der Waals surface area contributed by atoms with Crippen molar-refractivity contribution in [2.45, 2.75) is 0 Å². The predicted octanol–water partition coefficient (Wildman–Crippen LogP) is 2.62. The fourth-order valence-electron chi connectivity index (χ4n) is 1.68. The van der Waals surface area contributed by atoms with Gasteiger partial charge < -0.3 is 5.73 Å². The highest BCUT2D eigenvalue weighted by Gasteiger charge is 2.11. The Hall–Kier alpha value is -1.60. The van der Waals surface area contributed by atoms with Crippen molar-refractivity contribution >= 4 is 0 Å². The van der Waals surface area contributed by atoms with E-state index in [1.54, 1.807) is 0 Å². The van der Waals surface area contributed by atoms with Gasteiger partial charge in [0, 0.05) is 12.5 Å². The Morgan fingerprint density at radius 2 is 1.13 bits per heavy atom. The van der Waals surface area contributed by atoms with Crippen LogP contribution in [0.2, 0.25) is 0 Å². The zero-order chi connectivity index (χ0) is 10.5. The molecule has 0 heterocycles. The lowest BCUT2D eigenvalue weighted by Gasteiger charge is -2.14. The van der Waals surface area contributed by atoms with E-state index in [1.807, 2.05) is 36.4 Å². The molecule has 0 fully saturated rings. The average molecular weight is 196 g/mol. The lowest BCUT2D eigenvalue weighted by atomic mass is 9.92. The van der Waals surface area contributed by atoms with Gasteiger partial charge in [-0.1, -0.05) is 60.7 Å². The summed E-state index contributed by atoms with van der Waals surface area (Å²) in [7, 11) is 0. The maximum Gasteiger partial charge on any atom is 0.0474 e. The molecule has 0 aliphatic rings. The van der Waals surface area contributed by atoms with Gasteiger partial charge in [-0.05, 0) is 11.1 Å². The molecular weight excluding hydrogens is 182 g/mol. The summed E-state index contributed by atoms with van der Waals surface area (Å²) in [6, 6.07) is 20.5. The van der Waals surface area contributed by atoms with E-state index in [0.29, 0.717) is 6.54 Å². The molecule has 1 nitrogen and oxygen atoms in total. The Morgan fingerprint density at radius 3 is 1.47 bits per heavy atom. The summed E-state index contributed by atoms with van der Waals surface area (Å²) in [6.07, 6.45) is 0. The molecule has 1 radical (unpaired) electrons. The van der Waals surface area contributed by atoms with E-state index in [1.165, 1.54) is 17.0 Å². The monoisotopic (exact) mass is 196 g/mol. The van der Waals surface area contributed by atoms with E-state index < -0.39 is 0 Å². The van der Waals surface area contributed by atoms with Crippen LogP contribution in [0.15, 0.2) is 60.7 Å². The number of rotatable bonds is 3. The van der Waals surface area contributed by atoms with Gasteiger partial charge in [-0.15, -0.1) is 0 Å². The summed E-state index contributed by atoms with van der Waals surface area (Å²) in [4.78, 5) is 0. The molecule has 0 aromatic heterocycles. The third kappa shape index (κ3) is 2.25. The Kier molecular flexibility index (Phi) is 3.15. The molecule has 0 aliphatic heterocycles. The Bertz CT molecular complexity index is 355. The molecular formula is C14H14N. The first-order valence-electron chi connectivity index (χ1n) is 5.08. The van der Waals surface area contributed by atoms with E-state index in [9.17, 15) is 0 Å². The molecule has 0 unspecified atom stereocenters. The maximum atomic E-state index is 5.80. The molecule has 2 rings (SSSR count). The van der Waals surface area contributed by atoms with Crippen LogP contribution in [0, 0.1) is 5.92 Å². The quantitative estimate of drug-likeness (QED) is 0.802. The highest BCUT2D eigenvalue weighted by molar-refractivity contribution is 5.45. The second kappa shape index (κ2) is 4.76. The smallest absolute Gasteiger partial charge is 0.0474 e. The molecule has 0 saturated carbocycles. The van der Waals surface area contributed by atoms with Crippen LogP contribution in [-0.4, -0.2) is 6.54 Å². The molecule has 2 aromatic carbocycles. The van der Waals surface area contributed by atoms with Gasteiger partial charge in [-0.25, -0.2) is 0 Å². The van der Waals surface area contributed by atoms with Crippen LogP contribution in [-0.2, 0) is 0 Å². The van der Waals surface area contributed by atoms with Gasteiger partial charge in [-0.2, -0.15) is 0 Å². The lowest BCUT2D eigenvalue weighted by molar-refractivity contribution is 1.03. The summed E-state index contributed by atoms with van der Waals surface area (Å²) < 4.78 is 0. The molecule has 75 valence electrons. The number of nitrogens with two attached hydrogens (primary N) is 1. The summed E-state index contributed by atoms with van der Waals surface area (Å²) in [5.41, 5.74) is 8.20.